The molecule has 26 heavy (non-hydrogen) atoms. The monoisotopic (exact) mass is 371 g/mol. The summed E-state index contributed by atoms with van der Waals surface area (Å²) in [4.78, 5) is 12.6. The van der Waals surface area contributed by atoms with Crippen LogP contribution in [-0.2, 0) is 6.61 Å². The smallest absolute Gasteiger partial charge is 0.251 e. The van der Waals surface area contributed by atoms with E-state index in [1.807, 2.05) is 42.5 Å². The summed E-state index contributed by atoms with van der Waals surface area (Å²) in [6, 6.07) is 15.3. The van der Waals surface area contributed by atoms with Crippen LogP contribution in [0.1, 0.15) is 60.9 Å². The SMILES string of the molecule is O=C(NC1CCCCCCC1)c1cccc(OCc2ccccc2Cl)c1. The summed E-state index contributed by atoms with van der Waals surface area (Å²) in [7, 11) is 0. The van der Waals surface area contributed by atoms with Gasteiger partial charge in [0.15, 0.2) is 0 Å². The van der Waals surface area contributed by atoms with Gasteiger partial charge in [-0.05, 0) is 37.1 Å². The average Bonchev–Trinajstić information content (AvgIpc) is 2.63. The van der Waals surface area contributed by atoms with Crippen molar-refractivity contribution in [2.24, 2.45) is 0 Å². The zero-order chi connectivity index (χ0) is 18.2. The van der Waals surface area contributed by atoms with Gasteiger partial charge in [0.25, 0.3) is 5.91 Å². The van der Waals surface area contributed by atoms with E-state index in [1.165, 1.54) is 32.1 Å². The molecule has 138 valence electrons. The van der Waals surface area contributed by atoms with Crippen molar-refractivity contribution < 1.29 is 9.53 Å². The van der Waals surface area contributed by atoms with Gasteiger partial charge in [-0.25, -0.2) is 0 Å². The van der Waals surface area contributed by atoms with Gasteiger partial charge in [0.2, 0.25) is 0 Å². The molecule has 0 unspecified atom stereocenters. The Morgan fingerprint density at radius 2 is 1.73 bits per heavy atom. The molecule has 0 aliphatic heterocycles. The lowest BCUT2D eigenvalue weighted by Gasteiger charge is -2.21. The molecule has 2 aromatic rings. The Labute approximate surface area is 160 Å². The molecule has 0 bridgehead atoms. The molecular formula is C22H26ClNO2. The first-order chi connectivity index (χ1) is 12.7. The van der Waals surface area contributed by atoms with Crippen LogP contribution < -0.4 is 10.1 Å². The van der Waals surface area contributed by atoms with Crippen LogP contribution in [0.4, 0.5) is 0 Å². The van der Waals surface area contributed by atoms with Gasteiger partial charge in [-0.1, -0.05) is 68.0 Å². The van der Waals surface area contributed by atoms with Gasteiger partial charge >= 0.3 is 0 Å². The lowest BCUT2D eigenvalue weighted by atomic mass is 9.96. The summed E-state index contributed by atoms with van der Waals surface area (Å²) in [5.74, 6) is 0.661. The van der Waals surface area contributed by atoms with Crippen LogP contribution in [0, 0.1) is 0 Å². The zero-order valence-corrected chi connectivity index (χ0v) is 15.8. The van der Waals surface area contributed by atoms with Crippen LogP contribution in [0.3, 0.4) is 0 Å². The molecule has 1 amide bonds. The molecule has 0 radical (unpaired) electrons. The second-order valence-electron chi connectivity index (χ2n) is 6.92. The van der Waals surface area contributed by atoms with E-state index in [1.54, 1.807) is 6.07 Å². The fourth-order valence-electron chi connectivity index (χ4n) is 3.37. The molecule has 1 aliphatic carbocycles. The summed E-state index contributed by atoms with van der Waals surface area (Å²) in [6.07, 6.45) is 8.43. The highest BCUT2D eigenvalue weighted by Crippen LogP contribution is 2.21. The first-order valence-electron chi connectivity index (χ1n) is 9.49. The number of rotatable bonds is 5. The molecule has 4 heteroatoms. The van der Waals surface area contributed by atoms with Gasteiger partial charge in [0.05, 0.1) is 0 Å². The molecule has 3 rings (SSSR count). The Morgan fingerprint density at radius 3 is 2.50 bits per heavy atom. The van der Waals surface area contributed by atoms with Gasteiger partial charge in [-0.2, -0.15) is 0 Å². The van der Waals surface area contributed by atoms with Crippen LogP contribution in [-0.4, -0.2) is 11.9 Å². The standard InChI is InChI=1S/C22H26ClNO2/c23-21-14-7-6-9-18(21)16-26-20-13-8-10-17(15-20)22(25)24-19-11-4-2-1-3-5-12-19/h6-10,13-15,19H,1-5,11-12,16H2,(H,24,25). The van der Waals surface area contributed by atoms with Crippen LogP contribution in [0.25, 0.3) is 0 Å². The van der Waals surface area contributed by atoms with Crippen molar-refractivity contribution in [2.45, 2.75) is 57.6 Å². The molecule has 1 saturated carbocycles. The van der Waals surface area contributed by atoms with E-state index in [0.717, 1.165) is 18.4 Å². The fraction of sp³-hybridized carbons (Fsp3) is 0.409. The summed E-state index contributed by atoms with van der Waals surface area (Å²) < 4.78 is 5.83. The fourth-order valence-corrected chi connectivity index (χ4v) is 3.56. The molecule has 0 atom stereocenters. The van der Waals surface area contributed by atoms with E-state index in [4.69, 9.17) is 16.3 Å². The van der Waals surface area contributed by atoms with E-state index in [9.17, 15) is 4.79 Å². The van der Waals surface area contributed by atoms with Crippen molar-refractivity contribution in [3.8, 4) is 5.75 Å². The number of hydrogen-bond acceptors (Lipinski definition) is 2. The highest BCUT2D eigenvalue weighted by atomic mass is 35.5. The molecule has 2 aromatic carbocycles. The van der Waals surface area contributed by atoms with Crippen molar-refractivity contribution in [1.29, 1.82) is 0 Å². The predicted octanol–water partition coefficient (Wildman–Crippen LogP) is 5.76. The number of carbonyl (C=O) groups excluding carboxylic acids is 1. The zero-order valence-electron chi connectivity index (χ0n) is 15.0. The first kappa shape index (κ1) is 18.8. The van der Waals surface area contributed by atoms with E-state index in [-0.39, 0.29) is 11.9 Å². The Hall–Kier alpha value is -2.00. The molecule has 0 spiro atoms. The maximum atomic E-state index is 12.6. The highest BCUT2D eigenvalue weighted by Gasteiger charge is 2.15. The molecule has 1 N–H and O–H groups in total. The molecule has 0 saturated heterocycles. The number of carbonyl (C=O) groups is 1. The molecule has 0 aromatic heterocycles. The number of halogens is 1. The number of ether oxygens (including phenoxy) is 1. The van der Waals surface area contributed by atoms with E-state index in [0.29, 0.717) is 22.9 Å². The topological polar surface area (TPSA) is 38.3 Å². The van der Waals surface area contributed by atoms with Crippen molar-refractivity contribution in [3.05, 3.63) is 64.7 Å². The number of benzene rings is 2. The van der Waals surface area contributed by atoms with Crippen LogP contribution >= 0.6 is 11.6 Å². The number of amides is 1. The minimum Gasteiger partial charge on any atom is -0.489 e. The van der Waals surface area contributed by atoms with Crippen molar-refractivity contribution in [3.63, 3.8) is 0 Å². The minimum atomic E-state index is -0.0150. The lowest BCUT2D eigenvalue weighted by Crippen LogP contribution is -2.35. The van der Waals surface area contributed by atoms with E-state index < -0.39 is 0 Å². The molecule has 1 fully saturated rings. The second-order valence-corrected chi connectivity index (χ2v) is 7.33. The summed E-state index contributed by atoms with van der Waals surface area (Å²) >= 11 is 6.16. The number of hydrogen-bond donors (Lipinski definition) is 1. The molecular weight excluding hydrogens is 346 g/mol. The Bertz CT molecular complexity index is 724. The predicted molar refractivity (Wildman–Crippen MR) is 106 cm³/mol. The van der Waals surface area contributed by atoms with Gasteiger partial charge in [0.1, 0.15) is 12.4 Å². The minimum absolute atomic E-state index is 0.0150. The third-order valence-corrected chi connectivity index (χ3v) is 5.26. The Balaban J connectivity index is 1.59. The van der Waals surface area contributed by atoms with Crippen molar-refractivity contribution in [1.82, 2.24) is 5.32 Å². The van der Waals surface area contributed by atoms with Crippen LogP contribution in [0.5, 0.6) is 5.75 Å². The van der Waals surface area contributed by atoms with E-state index in [2.05, 4.69) is 5.32 Å². The van der Waals surface area contributed by atoms with E-state index >= 15 is 0 Å². The third-order valence-electron chi connectivity index (χ3n) is 4.89. The molecule has 3 nitrogen and oxygen atoms in total. The van der Waals surface area contributed by atoms with Crippen LogP contribution in [0.15, 0.2) is 48.5 Å². The Morgan fingerprint density at radius 1 is 1.00 bits per heavy atom. The van der Waals surface area contributed by atoms with Gasteiger partial charge in [-0.15, -0.1) is 0 Å². The van der Waals surface area contributed by atoms with Crippen molar-refractivity contribution >= 4 is 17.5 Å². The van der Waals surface area contributed by atoms with Crippen molar-refractivity contribution in [2.75, 3.05) is 0 Å². The second kappa shape index (κ2) is 9.63. The molecule has 0 heterocycles. The normalized spacial score (nSPS) is 15.7. The van der Waals surface area contributed by atoms with Gasteiger partial charge < -0.3 is 10.1 Å². The maximum absolute atomic E-state index is 12.6. The summed E-state index contributed by atoms with van der Waals surface area (Å²) in [5, 5.41) is 3.88. The summed E-state index contributed by atoms with van der Waals surface area (Å²) in [6.45, 7) is 0.382. The summed E-state index contributed by atoms with van der Waals surface area (Å²) in [5.41, 5.74) is 1.57. The quantitative estimate of drug-likeness (QED) is 0.725. The van der Waals surface area contributed by atoms with Gasteiger partial charge in [0, 0.05) is 22.2 Å². The first-order valence-corrected chi connectivity index (χ1v) is 9.87. The number of nitrogens with one attached hydrogen (secondary N) is 1. The van der Waals surface area contributed by atoms with Gasteiger partial charge in [-0.3, -0.25) is 4.79 Å². The maximum Gasteiger partial charge on any atom is 0.251 e. The largest absolute Gasteiger partial charge is 0.489 e. The lowest BCUT2D eigenvalue weighted by molar-refractivity contribution is 0.0930. The average molecular weight is 372 g/mol. The van der Waals surface area contributed by atoms with Crippen LogP contribution in [0.2, 0.25) is 5.02 Å². The molecule has 1 aliphatic rings. The Kier molecular flexibility index (Phi) is 6.96. The highest BCUT2D eigenvalue weighted by molar-refractivity contribution is 6.31. The third kappa shape index (κ3) is 5.50.